The lowest BCUT2D eigenvalue weighted by Crippen LogP contribution is -2.53. The molecule has 2 aliphatic heterocycles. The van der Waals surface area contributed by atoms with Crippen molar-refractivity contribution in [2.45, 2.75) is 44.4 Å². The first-order valence-electron chi connectivity index (χ1n) is 11.6. The number of nitrogens with one attached hydrogen (secondary N) is 2. The molecule has 2 aliphatic rings. The molecule has 5 nitrogen and oxygen atoms in total. The zero-order chi connectivity index (χ0) is 22.1. The van der Waals surface area contributed by atoms with Gasteiger partial charge in [0.25, 0.3) is 0 Å². The number of piperidine rings is 1. The summed E-state index contributed by atoms with van der Waals surface area (Å²) in [6.07, 6.45) is 6.17. The molecule has 2 unspecified atom stereocenters. The SMILES string of the molecule is C=Cc1ccc(C2CC(NC3COC3)CCN2Cc2c(OC)cc(C)c3[nH]ccc23)cc1. The Kier molecular flexibility index (Phi) is 6.05. The lowest BCUT2D eigenvalue weighted by molar-refractivity contribution is -0.0168. The van der Waals surface area contributed by atoms with Crippen molar-refractivity contribution in [3.8, 4) is 5.75 Å². The largest absolute Gasteiger partial charge is 0.496 e. The van der Waals surface area contributed by atoms with Gasteiger partial charge in [-0.25, -0.2) is 0 Å². The van der Waals surface area contributed by atoms with Crippen LogP contribution in [0, 0.1) is 6.92 Å². The molecule has 0 aliphatic carbocycles. The summed E-state index contributed by atoms with van der Waals surface area (Å²) in [6.45, 7) is 9.63. The molecule has 0 saturated carbocycles. The van der Waals surface area contributed by atoms with Crippen LogP contribution in [0.5, 0.6) is 5.75 Å². The molecular weight excluding hydrogens is 398 g/mol. The number of rotatable bonds is 7. The summed E-state index contributed by atoms with van der Waals surface area (Å²) >= 11 is 0. The second-order valence-corrected chi connectivity index (χ2v) is 9.12. The summed E-state index contributed by atoms with van der Waals surface area (Å²) in [5.41, 5.74) is 6.21. The van der Waals surface area contributed by atoms with Crippen LogP contribution in [0.4, 0.5) is 0 Å². The van der Waals surface area contributed by atoms with Crippen LogP contribution in [0.1, 0.15) is 41.1 Å². The number of hydrogen-bond acceptors (Lipinski definition) is 4. The first kappa shape index (κ1) is 21.3. The van der Waals surface area contributed by atoms with Gasteiger partial charge in [0, 0.05) is 47.8 Å². The molecule has 0 radical (unpaired) electrons. The Balaban J connectivity index is 1.45. The maximum atomic E-state index is 5.83. The van der Waals surface area contributed by atoms with Crippen LogP contribution in [-0.4, -0.2) is 48.8 Å². The first-order valence-corrected chi connectivity index (χ1v) is 11.6. The van der Waals surface area contributed by atoms with Gasteiger partial charge in [-0.2, -0.15) is 0 Å². The van der Waals surface area contributed by atoms with Gasteiger partial charge in [-0.3, -0.25) is 4.90 Å². The minimum Gasteiger partial charge on any atom is -0.496 e. The van der Waals surface area contributed by atoms with Crippen molar-refractivity contribution in [3.63, 3.8) is 0 Å². The lowest BCUT2D eigenvalue weighted by Gasteiger charge is -2.42. The van der Waals surface area contributed by atoms with Crippen molar-refractivity contribution in [2.75, 3.05) is 26.9 Å². The highest BCUT2D eigenvalue weighted by molar-refractivity contribution is 5.88. The molecule has 3 heterocycles. The van der Waals surface area contributed by atoms with Gasteiger partial charge < -0.3 is 19.8 Å². The Labute approximate surface area is 190 Å². The highest BCUT2D eigenvalue weighted by atomic mass is 16.5. The number of aryl methyl sites for hydroxylation is 1. The molecule has 1 aromatic heterocycles. The topological polar surface area (TPSA) is 49.5 Å². The fourth-order valence-corrected chi connectivity index (χ4v) is 5.21. The normalized spacial score (nSPS) is 22.1. The molecule has 168 valence electrons. The molecule has 5 rings (SSSR count). The van der Waals surface area contributed by atoms with E-state index in [9.17, 15) is 0 Å². The van der Waals surface area contributed by atoms with Crippen LogP contribution in [0.25, 0.3) is 17.0 Å². The molecule has 2 atom stereocenters. The van der Waals surface area contributed by atoms with Crippen molar-refractivity contribution in [1.82, 2.24) is 15.2 Å². The van der Waals surface area contributed by atoms with E-state index in [1.807, 2.05) is 12.3 Å². The van der Waals surface area contributed by atoms with Crippen LogP contribution < -0.4 is 10.1 Å². The van der Waals surface area contributed by atoms with E-state index in [1.54, 1.807) is 7.11 Å². The quantitative estimate of drug-likeness (QED) is 0.563. The summed E-state index contributed by atoms with van der Waals surface area (Å²) in [4.78, 5) is 6.03. The van der Waals surface area contributed by atoms with E-state index >= 15 is 0 Å². The summed E-state index contributed by atoms with van der Waals surface area (Å²) in [5, 5.41) is 5.08. The predicted octanol–water partition coefficient (Wildman–Crippen LogP) is 4.82. The number of nitrogens with zero attached hydrogens (tertiary/aromatic N) is 1. The number of aromatic amines is 1. The number of hydrogen-bond donors (Lipinski definition) is 2. The van der Waals surface area contributed by atoms with E-state index in [1.165, 1.54) is 27.6 Å². The third kappa shape index (κ3) is 4.08. The van der Waals surface area contributed by atoms with Crippen molar-refractivity contribution >= 4 is 17.0 Å². The molecule has 5 heteroatoms. The van der Waals surface area contributed by atoms with Gasteiger partial charge in [0.15, 0.2) is 0 Å². The number of likely N-dealkylation sites (tertiary alicyclic amines) is 1. The Bertz CT molecular complexity index is 1080. The van der Waals surface area contributed by atoms with E-state index in [0.717, 1.165) is 50.5 Å². The van der Waals surface area contributed by atoms with Gasteiger partial charge in [0.2, 0.25) is 0 Å². The third-order valence-corrected chi connectivity index (χ3v) is 7.07. The summed E-state index contributed by atoms with van der Waals surface area (Å²) < 4.78 is 11.2. The van der Waals surface area contributed by atoms with E-state index < -0.39 is 0 Å². The summed E-state index contributed by atoms with van der Waals surface area (Å²) in [6, 6.07) is 14.6. The highest BCUT2D eigenvalue weighted by Gasteiger charge is 2.33. The van der Waals surface area contributed by atoms with Crippen molar-refractivity contribution in [2.24, 2.45) is 0 Å². The average Bonchev–Trinajstić information content (AvgIpc) is 3.29. The van der Waals surface area contributed by atoms with Crippen LogP contribution in [0.2, 0.25) is 0 Å². The third-order valence-electron chi connectivity index (χ3n) is 7.07. The van der Waals surface area contributed by atoms with Crippen LogP contribution >= 0.6 is 0 Å². The van der Waals surface area contributed by atoms with Crippen LogP contribution in [0.3, 0.4) is 0 Å². The second kappa shape index (κ2) is 9.10. The molecule has 2 fully saturated rings. The minimum atomic E-state index is 0.348. The number of aromatic nitrogens is 1. The van der Waals surface area contributed by atoms with Gasteiger partial charge in [0.05, 0.1) is 26.4 Å². The summed E-state index contributed by atoms with van der Waals surface area (Å²) in [5.74, 6) is 0.974. The number of benzene rings is 2. The fraction of sp³-hybridized carbons (Fsp3) is 0.407. The zero-order valence-electron chi connectivity index (χ0n) is 19.1. The van der Waals surface area contributed by atoms with Crippen LogP contribution in [0.15, 0.2) is 49.2 Å². The van der Waals surface area contributed by atoms with Gasteiger partial charge >= 0.3 is 0 Å². The zero-order valence-corrected chi connectivity index (χ0v) is 19.1. The Morgan fingerprint density at radius 2 is 2.03 bits per heavy atom. The molecular formula is C27H33N3O2. The van der Waals surface area contributed by atoms with Crippen LogP contribution in [-0.2, 0) is 11.3 Å². The Morgan fingerprint density at radius 1 is 1.22 bits per heavy atom. The van der Waals surface area contributed by atoms with E-state index in [0.29, 0.717) is 18.1 Å². The second-order valence-electron chi connectivity index (χ2n) is 9.12. The molecule has 2 saturated heterocycles. The first-order chi connectivity index (χ1) is 15.7. The highest BCUT2D eigenvalue weighted by Crippen LogP contribution is 2.37. The molecule has 3 aromatic rings. The van der Waals surface area contributed by atoms with E-state index in [2.05, 4.69) is 65.1 Å². The number of methoxy groups -OCH3 is 1. The minimum absolute atomic E-state index is 0.348. The molecule has 0 bridgehead atoms. The number of H-pyrrole nitrogens is 1. The van der Waals surface area contributed by atoms with Gasteiger partial charge in [-0.05, 0) is 48.6 Å². The molecule has 0 spiro atoms. The smallest absolute Gasteiger partial charge is 0.124 e. The average molecular weight is 432 g/mol. The molecule has 2 N–H and O–H groups in total. The van der Waals surface area contributed by atoms with E-state index in [-0.39, 0.29) is 0 Å². The maximum Gasteiger partial charge on any atom is 0.124 e. The lowest BCUT2D eigenvalue weighted by atomic mass is 9.90. The Hall–Kier alpha value is -2.60. The van der Waals surface area contributed by atoms with Gasteiger partial charge in [-0.1, -0.05) is 36.9 Å². The van der Waals surface area contributed by atoms with Gasteiger partial charge in [0.1, 0.15) is 5.75 Å². The Morgan fingerprint density at radius 3 is 2.72 bits per heavy atom. The van der Waals surface area contributed by atoms with E-state index in [4.69, 9.17) is 9.47 Å². The van der Waals surface area contributed by atoms with Crippen molar-refractivity contribution in [3.05, 3.63) is 71.4 Å². The standard InChI is InChI=1S/C27H33N3O2/c1-4-19-5-7-20(8-6-19)25-14-21(29-22-16-32-17-22)10-12-30(25)15-24-23-9-11-28-27(23)18(2)13-26(24)31-3/h4-9,11,13,21-22,25,28-29H,1,10,12,14-17H2,2-3H3. The molecule has 0 amide bonds. The maximum absolute atomic E-state index is 5.83. The monoisotopic (exact) mass is 431 g/mol. The number of ether oxygens (including phenoxy) is 2. The summed E-state index contributed by atoms with van der Waals surface area (Å²) in [7, 11) is 1.78. The molecule has 2 aromatic carbocycles. The fourth-order valence-electron chi connectivity index (χ4n) is 5.21. The molecule has 32 heavy (non-hydrogen) atoms. The van der Waals surface area contributed by atoms with Crippen molar-refractivity contribution < 1.29 is 9.47 Å². The predicted molar refractivity (Wildman–Crippen MR) is 130 cm³/mol. The number of fused-ring (bicyclic) bond motifs is 1. The van der Waals surface area contributed by atoms with Gasteiger partial charge in [-0.15, -0.1) is 0 Å². The van der Waals surface area contributed by atoms with Crippen molar-refractivity contribution in [1.29, 1.82) is 0 Å².